The number of alkyl halides is 3. The van der Waals surface area contributed by atoms with Crippen LogP contribution in [-0.4, -0.2) is 32.8 Å². The molecule has 0 aromatic carbocycles. The molecule has 0 bridgehead atoms. The monoisotopic (exact) mass is 181 g/mol. The second-order valence-electron chi connectivity index (χ2n) is 2.18. The molecule has 0 aliphatic heterocycles. The van der Waals surface area contributed by atoms with Gasteiger partial charge in [-0.1, -0.05) is 5.21 Å². The van der Waals surface area contributed by atoms with Gasteiger partial charge < -0.3 is 5.73 Å². The van der Waals surface area contributed by atoms with Crippen LogP contribution in [0.4, 0.5) is 13.2 Å². The van der Waals surface area contributed by atoms with Crippen molar-refractivity contribution in [2.24, 2.45) is 5.73 Å². The highest BCUT2D eigenvalue weighted by atomic mass is 19.4. The Morgan fingerprint density at radius 1 is 1.50 bits per heavy atom. The lowest BCUT2D eigenvalue weighted by molar-refractivity contribution is -0.147. The summed E-state index contributed by atoms with van der Waals surface area (Å²) in [6.07, 6.45) is -4.87. The largest absolute Gasteiger partial charge is 0.404 e. The molecule has 1 aromatic rings. The summed E-state index contributed by atoms with van der Waals surface area (Å²) in [5.41, 5.74) is 4.80. The Kier molecular flexibility index (Phi) is 2.27. The lowest BCUT2D eigenvalue weighted by Crippen LogP contribution is -2.39. The average Bonchev–Trinajstić information content (AvgIpc) is 2.37. The minimum Gasteiger partial charge on any atom is -0.320 e. The van der Waals surface area contributed by atoms with Crippen molar-refractivity contribution >= 4 is 0 Å². The Balaban J connectivity index is 2.53. The summed E-state index contributed by atoms with van der Waals surface area (Å²) >= 11 is 0. The van der Waals surface area contributed by atoms with Gasteiger partial charge in [-0.25, -0.2) is 0 Å². The molecule has 12 heavy (non-hydrogen) atoms. The van der Waals surface area contributed by atoms with Crippen molar-refractivity contribution in [1.29, 1.82) is 0 Å². The molecule has 1 rings (SSSR count). The fourth-order valence-corrected chi connectivity index (χ4v) is 0.581. The van der Waals surface area contributed by atoms with E-state index in [0.29, 0.717) is 0 Å². The first-order chi connectivity index (χ1) is 5.50. The van der Waals surface area contributed by atoms with E-state index in [2.05, 4.69) is 20.6 Å². The lowest BCUT2D eigenvalue weighted by atomic mass is 10.2. The third-order valence-corrected chi connectivity index (χ3v) is 1.21. The van der Waals surface area contributed by atoms with E-state index in [1.54, 1.807) is 0 Å². The van der Waals surface area contributed by atoms with Crippen molar-refractivity contribution < 1.29 is 13.2 Å². The van der Waals surface area contributed by atoms with E-state index in [-0.39, 0.29) is 5.82 Å². The zero-order chi connectivity index (χ0) is 9.19. The van der Waals surface area contributed by atoms with Crippen LogP contribution in [0.1, 0.15) is 5.82 Å². The first-order valence-electron chi connectivity index (χ1n) is 3.05. The van der Waals surface area contributed by atoms with Gasteiger partial charge in [0.15, 0.2) is 5.82 Å². The van der Waals surface area contributed by atoms with Crippen molar-refractivity contribution in [2.45, 2.75) is 18.6 Å². The molecule has 68 valence electrons. The molecule has 0 spiro atoms. The van der Waals surface area contributed by atoms with Crippen LogP contribution in [0, 0.1) is 0 Å². The van der Waals surface area contributed by atoms with Gasteiger partial charge in [0, 0.05) is 6.42 Å². The number of aromatic nitrogens is 4. The maximum atomic E-state index is 11.8. The van der Waals surface area contributed by atoms with Gasteiger partial charge in [0.05, 0.1) is 0 Å². The zero-order valence-corrected chi connectivity index (χ0v) is 5.84. The third kappa shape index (κ3) is 2.16. The van der Waals surface area contributed by atoms with Crippen LogP contribution in [0.3, 0.4) is 0 Å². The highest BCUT2D eigenvalue weighted by Gasteiger charge is 2.37. The van der Waals surface area contributed by atoms with Crippen LogP contribution >= 0.6 is 0 Å². The van der Waals surface area contributed by atoms with Gasteiger partial charge in [-0.15, -0.1) is 10.2 Å². The number of nitrogens with one attached hydrogen (secondary N) is 1. The SMILES string of the molecule is NC(Cc1nn[nH]n1)C(F)(F)F. The van der Waals surface area contributed by atoms with Crippen LogP contribution in [0.25, 0.3) is 0 Å². The van der Waals surface area contributed by atoms with Crippen molar-refractivity contribution in [1.82, 2.24) is 20.6 Å². The summed E-state index contributed by atoms with van der Waals surface area (Å²) < 4.78 is 35.5. The van der Waals surface area contributed by atoms with E-state index in [0.717, 1.165) is 0 Å². The number of aromatic amines is 1. The molecule has 0 aliphatic carbocycles. The van der Waals surface area contributed by atoms with Crippen LogP contribution in [-0.2, 0) is 6.42 Å². The van der Waals surface area contributed by atoms with E-state index in [9.17, 15) is 13.2 Å². The maximum absolute atomic E-state index is 11.8. The number of hydrogen-bond acceptors (Lipinski definition) is 4. The van der Waals surface area contributed by atoms with Crippen LogP contribution in [0.15, 0.2) is 0 Å². The molecule has 1 atom stereocenters. The fraction of sp³-hybridized carbons (Fsp3) is 0.750. The van der Waals surface area contributed by atoms with Gasteiger partial charge in [0.1, 0.15) is 6.04 Å². The van der Waals surface area contributed by atoms with Gasteiger partial charge in [-0.05, 0) is 0 Å². The molecule has 0 aliphatic rings. The highest BCUT2D eigenvalue weighted by molar-refractivity contribution is 4.85. The van der Waals surface area contributed by atoms with Gasteiger partial charge >= 0.3 is 6.18 Å². The number of H-pyrrole nitrogens is 1. The molecule has 5 nitrogen and oxygen atoms in total. The summed E-state index contributed by atoms with van der Waals surface area (Å²) in [4.78, 5) is 0. The minimum atomic E-state index is -4.42. The van der Waals surface area contributed by atoms with Crippen LogP contribution < -0.4 is 5.73 Å². The molecule has 0 saturated carbocycles. The molecule has 0 saturated heterocycles. The van der Waals surface area contributed by atoms with Crippen LogP contribution in [0.2, 0.25) is 0 Å². The summed E-state index contributed by atoms with van der Waals surface area (Å²) in [5.74, 6) is -0.0418. The predicted molar refractivity (Wildman–Crippen MR) is 31.9 cm³/mol. The molecule has 0 fully saturated rings. The smallest absolute Gasteiger partial charge is 0.320 e. The normalized spacial score (nSPS) is 14.7. The lowest BCUT2D eigenvalue weighted by Gasteiger charge is -2.12. The minimum absolute atomic E-state index is 0.0418. The van der Waals surface area contributed by atoms with E-state index < -0.39 is 18.6 Å². The van der Waals surface area contributed by atoms with E-state index in [1.807, 2.05) is 0 Å². The fourth-order valence-electron chi connectivity index (χ4n) is 0.581. The summed E-state index contributed by atoms with van der Waals surface area (Å²) in [5, 5.41) is 11.8. The highest BCUT2D eigenvalue weighted by Crippen LogP contribution is 2.19. The molecule has 1 aromatic heterocycles. The molecule has 1 heterocycles. The Hall–Kier alpha value is -1.18. The Morgan fingerprint density at radius 3 is 2.58 bits per heavy atom. The molecular formula is C4H6F3N5. The maximum Gasteiger partial charge on any atom is 0.404 e. The van der Waals surface area contributed by atoms with Crippen molar-refractivity contribution in [2.75, 3.05) is 0 Å². The first kappa shape index (κ1) is 8.91. The number of hydrogen-bond donors (Lipinski definition) is 2. The first-order valence-corrected chi connectivity index (χ1v) is 3.05. The van der Waals surface area contributed by atoms with E-state index >= 15 is 0 Å². The molecule has 1 unspecified atom stereocenters. The predicted octanol–water partition coefficient (Wildman–Crippen LogP) is -0.368. The summed E-state index contributed by atoms with van der Waals surface area (Å²) in [7, 11) is 0. The Morgan fingerprint density at radius 2 is 2.17 bits per heavy atom. The number of rotatable bonds is 2. The van der Waals surface area contributed by atoms with E-state index in [1.165, 1.54) is 0 Å². The summed E-state index contributed by atoms with van der Waals surface area (Å²) in [6.45, 7) is 0. The standard InChI is InChI=1S/C4H6F3N5/c5-4(6,7)2(8)1-3-9-11-12-10-3/h2H,1,8H2,(H,9,10,11,12). The Bertz CT molecular complexity index is 229. The van der Waals surface area contributed by atoms with Crippen LogP contribution in [0.5, 0.6) is 0 Å². The zero-order valence-electron chi connectivity index (χ0n) is 5.84. The molecule has 3 N–H and O–H groups in total. The topological polar surface area (TPSA) is 80.5 Å². The van der Waals surface area contributed by atoms with E-state index in [4.69, 9.17) is 5.73 Å². The van der Waals surface area contributed by atoms with Crippen molar-refractivity contribution in [3.05, 3.63) is 5.82 Å². The molecule has 0 amide bonds. The average molecular weight is 181 g/mol. The number of nitrogens with two attached hydrogens (primary N) is 1. The molecule has 0 radical (unpaired) electrons. The quantitative estimate of drug-likeness (QED) is 0.652. The molecular weight excluding hydrogens is 175 g/mol. The second-order valence-corrected chi connectivity index (χ2v) is 2.18. The third-order valence-electron chi connectivity index (χ3n) is 1.21. The number of tetrazole rings is 1. The van der Waals surface area contributed by atoms with Gasteiger partial charge in [-0.3, -0.25) is 0 Å². The van der Waals surface area contributed by atoms with Gasteiger partial charge in [0.2, 0.25) is 0 Å². The van der Waals surface area contributed by atoms with Gasteiger partial charge in [-0.2, -0.15) is 18.4 Å². The molecule has 8 heteroatoms. The Labute approximate surface area is 65.1 Å². The van der Waals surface area contributed by atoms with Crippen molar-refractivity contribution in [3.63, 3.8) is 0 Å². The van der Waals surface area contributed by atoms with Gasteiger partial charge in [0.25, 0.3) is 0 Å². The van der Waals surface area contributed by atoms with Crippen molar-refractivity contribution in [3.8, 4) is 0 Å². The number of halogens is 3. The summed E-state index contributed by atoms with van der Waals surface area (Å²) in [6, 6.07) is -1.94. The second kappa shape index (κ2) is 3.05. The number of nitrogens with zero attached hydrogens (tertiary/aromatic N) is 3.